The summed E-state index contributed by atoms with van der Waals surface area (Å²) in [7, 11) is 0. The Bertz CT molecular complexity index is 864. The summed E-state index contributed by atoms with van der Waals surface area (Å²) in [6, 6.07) is 7.09. The van der Waals surface area contributed by atoms with Gasteiger partial charge < -0.3 is 9.67 Å². The van der Waals surface area contributed by atoms with Crippen molar-refractivity contribution in [1.82, 2.24) is 9.99 Å². The van der Waals surface area contributed by atoms with Crippen LogP contribution >= 0.6 is 0 Å². The first-order valence-electron chi connectivity index (χ1n) is 9.13. The van der Waals surface area contributed by atoms with E-state index in [1.807, 2.05) is 6.07 Å². The number of benzene rings is 1. The Labute approximate surface area is 153 Å². The number of rotatable bonds is 8. The topological polar surface area (TPSA) is 83.7 Å². The van der Waals surface area contributed by atoms with Gasteiger partial charge in [-0.3, -0.25) is 9.59 Å². The van der Waals surface area contributed by atoms with E-state index < -0.39 is 11.5 Å². The number of carbonyl (C=O) groups excluding carboxylic acids is 1. The molecule has 0 spiro atoms. The number of unbranched alkanes of at least 4 members (excludes halogenated alkanes) is 4. The molecule has 0 unspecified atom stereocenters. The Balaban J connectivity index is 2.44. The molecular weight excluding hydrogens is 330 g/mol. The molecular formula is C20H27N3O3. The molecule has 2 N–H and O–H groups in total. The number of pyridine rings is 1. The van der Waals surface area contributed by atoms with Gasteiger partial charge in [0, 0.05) is 17.6 Å². The average Bonchev–Trinajstić information content (AvgIpc) is 2.62. The summed E-state index contributed by atoms with van der Waals surface area (Å²) in [5.74, 6) is -0.992. The molecule has 2 aromatic rings. The van der Waals surface area contributed by atoms with Crippen LogP contribution in [0.15, 0.2) is 34.2 Å². The number of aryl methyl sites for hydroxylation is 1. The minimum Gasteiger partial charge on any atom is -0.506 e. The Hall–Kier alpha value is -2.63. The van der Waals surface area contributed by atoms with Gasteiger partial charge in [-0.25, -0.2) is 5.43 Å². The minimum absolute atomic E-state index is 0.262. The van der Waals surface area contributed by atoms with E-state index in [2.05, 4.69) is 17.5 Å². The second-order valence-electron chi connectivity index (χ2n) is 6.61. The zero-order chi connectivity index (χ0) is 19.1. The number of hydrazone groups is 1. The van der Waals surface area contributed by atoms with Gasteiger partial charge >= 0.3 is 0 Å². The van der Waals surface area contributed by atoms with Gasteiger partial charge in [0.05, 0.1) is 5.52 Å². The summed E-state index contributed by atoms with van der Waals surface area (Å²) in [6.07, 6.45) is 5.33. The van der Waals surface area contributed by atoms with E-state index in [1.54, 1.807) is 36.6 Å². The van der Waals surface area contributed by atoms with E-state index in [1.165, 1.54) is 6.42 Å². The lowest BCUT2D eigenvalue weighted by Crippen LogP contribution is -2.32. The van der Waals surface area contributed by atoms with E-state index in [9.17, 15) is 14.7 Å². The number of amides is 1. The van der Waals surface area contributed by atoms with Gasteiger partial charge in [0.25, 0.3) is 11.5 Å². The summed E-state index contributed by atoms with van der Waals surface area (Å²) in [4.78, 5) is 25.3. The molecule has 0 saturated carbocycles. The quantitative estimate of drug-likeness (QED) is 0.428. The van der Waals surface area contributed by atoms with E-state index >= 15 is 0 Å². The third kappa shape index (κ3) is 4.50. The maximum absolute atomic E-state index is 12.9. The van der Waals surface area contributed by atoms with Gasteiger partial charge in [0.15, 0.2) is 0 Å². The molecule has 0 atom stereocenters. The molecule has 1 aromatic carbocycles. The lowest BCUT2D eigenvalue weighted by Gasteiger charge is -2.14. The molecule has 0 fully saturated rings. The molecule has 2 rings (SSSR count). The van der Waals surface area contributed by atoms with Gasteiger partial charge in [-0.2, -0.15) is 5.10 Å². The molecule has 0 bridgehead atoms. The first kappa shape index (κ1) is 19.7. The van der Waals surface area contributed by atoms with Crippen molar-refractivity contribution in [2.45, 2.75) is 59.4 Å². The third-order valence-electron chi connectivity index (χ3n) is 4.24. The maximum atomic E-state index is 12.9. The number of hydrogen-bond donors (Lipinski definition) is 2. The van der Waals surface area contributed by atoms with Crippen LogP contribution in [0.3, 0.4) is 0 Å². The predicted octanol–water partition coefficient (Wildman–Crippen LogP) is 3.80. The van der Waals surface area contributed by atoms with Crippen molar-refractivity contribution in [2.24, 2.45) is 5.10 Å². The lowest BCUT2D eigenvalue weighted by atomic mass is 10.1. The molecule has 1 amide bonds. The molecule has 0 aliphatic carbocycles. The van der Waals surface area contributed by atoms with Crippen LogP contribution in [0.25, 0.3) is 10.9 Å². The number of nitrogens with one attached hydrogen (secondary N) is 1. The molecule has 1 heterocycles. The molecule has 140 valence electrons. The first-order chi connectivity index (χ1) is 12.5. The number of aromatic hydroxyl groups is 1. The van der Waals surface area contributed by atoms with E-state index in [4.69, 9.17) is 0 Å². The van der Waals surface area contributed by atoms with Crippen molar-refractivity contribution in [1.29, 1.82) is 0 Å². The summed E-state index contributed by atoms with van der Waals surface area (Å²) < 4.78 is 1.58. The van der Waals surface area contributed by atoms with Crippen molar-refractivity contribution in [3.8, 4) is 5.75 Å². The van der Waals surface area contributed by atoms with Crippen LogP contribution in [0, 0.1) is 0 Å². The minimum atomic E-state index is -0.695. The van der Waals surface area contributed by atoms with Crippen molar-refractivity contribution < 1.29 is 9.90 Å². The number of para-hydroxylation sites is 1. The van der Waals surface area contributed by atoms with E-state index in [0.717, 1.165) is 25.7 Å². The summed E-state index contributed by atoms with van der Waals surface area (Å²) in [5, 5.41) is 14.8. The van der Waals surface area contributed by atoms with Crippen LogP contribution in [0.4, 0.5) is 0 Å². The van der Waals surface area contributed by atoms with Crippen LogP contribution in [0.2, 0.25) is 0 Å². The number of nitrogens with zero attached hydrogens (tertiary/aromatic N) is 2. The summed E-state index contributed by atoms with van der Waals surface area (Å²) in [6.45, 7) is 6.13. The highest BCUT2D eigenvalue weighted by atomic mass is 16.3. The monoisotopic (exact) mass is 357 g/mol. The average molecular weight is 357 g/mol. The SMILES string of the molecule is CCCCCCCn1c(=O)c(C(=O)NN=C(C)C)c(O)c2ccccc21. The second-order valence-corrected chi connectivity index (χ2v) is 6.61. The molecule has 6 heteroatoms. The molecule has 0 radical (unpaired) electrons. The zero-order valence-corrected chi connectivity index (χ0v) is 15.7. The molecule has 1 aromatic heterocycles. The largest absolute Gasteiger partial charge is 0.506 e. The van der Waals surface area contributed by atoms with Gasteiger partial charge in [0.2, 0.25) is 0 Å². The fourth-order valence-corrected chi connectivity index (χ4v) is 2.91. The Kier molecular flexibility index (Phi) is 6.95. The van der Waals surface area contributed by atoms with E-state index in [-0.39, 0.29) is 11.3 Å². The molecule has 26 heavy (non-hydrogen) atoms. The lowest BCUT2D eigenvalue weighted by molar-refractivity contribution is 0.0950. The van der Waals surface area contributed by atoms with Crippen molar-refractivity contribution in [2.75, 3.05) is 0 Å². The molecule has 0 aliphatic heterocycles. The second kappa shape index (κ2) is 9.17. The standard InChI is InChI=1S/C20H27N3O3/c1-4-5-6-7-10-13-23-16-12-9-8-11-15(16)18(24)17(20(23)26)19(25)22-21-14(2)3/h8-9,11-12,24H,4-7,10,13H2,1-3H3,(H,22,25). The highest BCUT2D eigenvalue weighted by Gasteiger charge is 2.21. The number of aromatic nitrogens is 1. The highest BCUT2D eigenvalue weighted by Crippen LogP contribution is 2.26. The Morgan fingerprint density at radius 1 is 1.15 bits per heavy atom. The van der Waals surface area contributed by atoms with Crippen molar-refractivity contribution in [3.63, 3.8) is 0 Å². The van der Waals surface area contributed by atoms with Crippen LogP contribution in [-0.4, -0.2) is 21.3 Å². The molecule has 0 aliphatic rings. The van der Waals surface area contributed by atoms with Crippen molar-refractivity contribution in [3.05, 3.63) is 40.2 Å². The Morgan fingerprint density at radius 2 is 1.85 bits per heavy atom. The normalized spacial score (nSPS) is 10.7. The van der Waals surface area contributed by atoms with Crippen LogP contribution in [-0.2, 0) is 6.54 Å². The fourth-order valence-electron chi connectivity index (χ4n) is 2.91. The van der Waals surface area contributed by atoms with Gasteiger partial charge in [-0.15, -0.1) is 0 Å². The van der Waals surface area contributed by atoms with Gasteiger partial charge in [-0.05, 0) is 32.4 Å². The number of fused-ring (bicyclic) bond motifs is 1. The molecule has 6 nitrogen and oxygen atoms in total. The van der Waals surface area contributed by atoms with Crippen LogP contribution < -0.4 is 11.0 Å². The zero-order valence-electron chi connectivity index (χ0n) is 15.7. The molecule has 0 saturated heterocycles. The van der Waals surface area contributed by atoms with Crippen molar-refractivity contribution >= 4 is 22.5 Å². The fraction of sp³-hybridized carbons (Fsp3) is 0.450. The maximum Gasteiger partial charge on any atom is 0.280 e. The number of hydrogen-bond acceptors (Lipinski definition) is 4. The van der Waals surface area contributed by atoms with E-state index in [0.29, 0.717) is 23.2 Å². The Morgan fingerprint density at radius 3 is 2.54 bits per heavy atom. The van der Waals surface area contributed by atoms with Crippen LogP contribution in [0.5, 0.6) is 5.75 Å². The van der Waals surface area contributed by atoms with Gasteiger partial charge in [-0.1, -0.05) is 44.7 Å². The summed E-state index contributed by atoms with van der Waals surface area (Å²) in [5.41, 5.74) is 2.87. The first-order valence-corrected chi connectivity index (χ1v) is 9.13. The predicted molar refractivity (Wildman–Crippen MR) is 105 cm³/mol. The highest BCUT2D eigenvalue weighted by molar-refractivity contribution is 6.02. The number of carbonyl (C=O) groups is 1. The van der Waals surface area contributed by atoms with Crippen LogP contribution in [0.1, 0.15) is 63.2 Å². The summed E-state index contributed by atoms with van der Waals surface area (Å²) >= 11 is 0. The third-order valence-corrected chi connectivity index (χ3v) is 4.24. The smallest absolute Gasteiger partial charge is 0.280 e. The van der Waals surface area contributed by atoms with Gasteiger partial charge in [0.1, 0.15) is 11.3 Å².